The van der Waals surface area contributed by atoms with Gasteiger partial charge in [0.1, 0.15) is 5.82 Å². The van der Waals surface area contributed by atoms with Crippen LogP contribution in [-0.4, -0.2) is 31.1 Å². The second-order valence-electron chi connectivity index (χ2n) is 5.77. The summed E-state index contributed by atoms with van der Waals surface area (Å²) in [6.07, 6.45) is 3.07. The molecule has 1 aliphatic carbocycles. The average Bonchev–Trinajstić information content (AvgIpc) is 3.25. The fourth-order valence-electron chi connectivity index (χ4n) is 2.95. The van der Waals surface area contributed by atoms with E-state index in [0.29, 0.717) is 12.0 Å². The summed E-state index contributed by atoms with van der Waals surface area (Å²) >= 11 is 0. The Morgan fingerprint density at radius 2 is 1.85 bits per heavy atom. The molecular weight excluding hydrogens is 265 g/mol. The molecule has 20 heavy (non-hydrogen) atoms. The Hall–Kier alpha value is -1.07. The molecule has 0 amide bonds. The summed E-state index contributed by atoms with van der Waals surface area (Å²) in [5, 5.41) is 3.24. The number of rotatable bonds is 4. The molecule has 1 aliphatic heterocycles. The highest BCUT2D eigenvalue weighted by Crippen LogP contribution is 2.41. The largest absolute Gasteiger partial charge is 0.314 e. The van der Waals surface area contributed by atoms with Gasteiger partial charge in [0.25, 0.3) is 0 Å². The molecule has 2 nitrogen and oxygen atoms in total. The number of nitrogens with one attached hydrogen (secondary N) is 1. The number of hydrogen-bond donors (Lipinski definition) is 1. The Labute approximate surface area is 117 Å². The first-order valence-electron chi connectivity index (χ1n) is 7.24. The average molecular weight is 284 g/mol. The van der Waals surface area contributed by atoms with E-state index < -0.39 is 17.5 Å². The lowest BCUT2D eigenvalue weighted by Gasteiger charge is -2.35. The van der Waals surface area contributed by atoms with E-state index in [1.54, 1.807) is 0 Å². The molecule has 0 radical (unpaired) electrons. The second-order valence-corrected chi connectivity index (χ2v) is 5.77. The van der Waals surface area contributed by atoms with Crippen LogP contribution in [0.25, 0.3) is 0 Å². The molecule has 0 bridgehead atoms. The van der Waals surface area contributed by atoms with E-state index in [1.165, 1.54) is 0 Å². The predicted molar refractivity (Wildman–Crippen MR) is 70.8 cm³/mol. The van der Waals surface area contributed by atoms with Crippen LogP contribution in [0.2, 0.25) is 0 Å². The van der Waals surface area contributed by atoms with Crippen molar-refractivity contribution in [3.63, 3.8) is 0 Å². The molecule has 5 heteroatoms. The molecule has 110 valence electrons. The zero-order valence-corrected chi connectivity index (χ0v) is 11.3. The highest BCUT2D eigenvalue weighted by atomic mass is 19.2. The van der Waals surface area contributed by atoms with E-state index in [0.717, 1.165) is 51.5 Å². The molecule has 0 spiro atoms. The predicted octanol–water partition coefficient (Wildman–Crippen LogP) is 2.85. The molecule has 0 aromatic heterocycles. The molecule has 1 N–H and O–H groups in total. The van der Waals surface area contributed by atoms with E-state index in [-0.39, 0.29) is 11.6 Å². The minimum Gasteiger partial charge on any atom is -0.314 e. The third-order valence-electron chi connectivity index (χ3n) is 4.23. The Morgan fingerprint density at radius 1 is 1.15 bits per heavy atom. The topological polar surface area (TPSA) is 15.3 Å². The number of nitrogens with zero attached hydrogens (tertiary/aromatic N) is 1. The standard InChI is InChI=1S/C15H19F3N2/c16-11-8-12(15(18)13(17)9-11)14(7-10-1-2-10)20-5-3-19-4-6-20/h8-10,14,19H,1-7H2/t14-/m0/s1. The SMILES string of the molecule is Fc1cc(F)c(F)c([C@H](CC2CC2)N2CCNCC2)c1. The lowest BCUT2D eigenvalue weighted by Crippen LogP contribution is -2.45. The highest BCUT2D eigenvalue weighted by Gasteiger charge is 2.32. The van der Waals surface area contributed by atoms with E-state index >= 15 is 0 Å². The first-order valence-corrected chi connectivity index (χ1v) is 7.24. The molecule has 1 aromatic rings. The molecule has 1 saturated heterocycles. The quantitative estimate of drug-likeness (QED) is 0.855. The molecule has 1 atom stereocenters. The van der Waals surface area contributed by atoms with Gasteiger partial charge in [0.2, 0.25) is 0 Å². The van der Waals surface area contributed by atoms with Crippen molar-refractivity contribution in [1.82, 2.24) is 10.2 Å². The van der Waals surface area contributed by atoms with Crippen molar-refractivity contribution < 1.29 is 13.2 Å². The Morgan fingerprint density at radius 3 is 2.50 bits per heavy atom. The molecule has 3 rings (SSSR count). The van der Waals surface area contributed by atoms with Crippen LogP contribution in [0.15, 0.2) is 12.1 Å². The number of piperazine rings is 1. The molecule has 1 aromatic carbocycles. The maximum atomic E-state index is 14.1. The fourth-order valence-corrected chi connectivity index (χ4v) is 2.95. The molecule has 1 heterocycles. The Bertz CT molecular complexity index is 482. The van der Waals surface area contributed by atoms with Gasteiger partial charge in [0, 0.05) is 43.9 Å². The van der Waals surface area contributed by atoms with Crippen LogP contribution in [0.5, 0.6) is 0 Å². The van der Waals surface area contributed by atoms with E-state index in [9.17, 15) is 13.2 Å². The third kappa shape index (κ3) is 2.99. The summed E-state index contributed by atoms with van der Waals surface area (Å²) in [7, 11) is 0. The van der Waals surface area contributed by atoms with Gasteiger partial charge in [-0.25, -0.2) is 13.2 Å². The van der Waals surface area contributed by atoms with Gasteiger partial charge in [-0.2, -0.15) is 0 Å². The lowest BCUT2D eigenvalue weighted by molar-refractivity contribution is 0.156. The number of halogens is 3. The van der Waals surface area contributed by atoms with Gasteiger partial charge in [-0.05, 0) is 18.4 Å². The van der Waals surface area contributed by atoms with Crippen molar-refractivity contribution in [2.75, 3.05) is 26.2 Å². The van der Waals surface area contributed by atoms with Gasteiger partial charge in [-0.1, -0.05) is 12.8 Å². The maximum Gasteiger partial charge on any atom is 0.163 e. The van der Waals surface area contributed by atoms with Crippen molar-refractivity contribution >= 4 is 0 Å². The summed E-state index contributed by atoms with van der Waals surface area (Å²) in [6, 6.07) is 1.56. The van der Waals surface area contributed by atoms with Crippen molar-refractivity contribution in [2.45, 2.75) is 25.3 Å². The normalized spacial score (nSPS) is 21.9. The van der Waals surface area contributed by atoms with Crippen LogP contribution in [0.3, 0.4) is 0 Å². The number of benzene rings is 1. The molecule has 2 aliphatic rings. The Balaban J connectivity index is 1.90. The first kappa shape index (κ1) is 13.9. The maximum absolute atomic E-state index is 14.1. The summed E-state index contributed by atoms with van der Waals surface area (Å²) in [5.41, 5.74) is 0.177. The minimum absolute atomic E-state index is 0.177. The minimum atomic E-state index is -1.09. The number of hydrogen-bond acceptors (Lipinski definition) is 2. The Kier molecular flexibility index (Phi) is 3.98. The smallest absolute Gasteiger partial charge is 0.163 e. The molecule has 0 unspecified atom stereocenters. The van der Waals surface area contributed by atoms with Crippen LogP contribution in [0.1, 0.15) is 30.9 Å². The van der Waals surface area contributed by atoms with Crippen molar-refractivity contribution in [3.05, 3.63) is 35.1 Å². The van der Waals surface area contributed by atoms with Crippen molar-refractivity contribution in [3.8, 4) is 0 Å². The highest BCUT2D eigenvalue weighted by molar-refractivity contribution is 5.24. The van der Waals surface area contributed by atoms with Gasteiger partial charge in [0.15, 0.2) is 11.6 Å². The second kappa shape index (κ2) is 5.74. The zero-order chi connectivity index (χ0) is 14.1. The summed E-state index contributed by atoms with van der Waals surface area (Å²) < 4.78 is 41.0. The van der Waals surface area contributed by atoms with Crippen LogP contribution < -0.4 is 5.32 Å². The van der Waals surface area contributed by atoms with Crippen LogP contribution in [0.4, 0.5) is 13.2 Å². The van der Waals surface area contributed by atoms with Gasteiger partial charge in [-0.15, -0.1) is 0 Å². The van der Waals surface area contributed by atoms with Crippen LogP contribution in [-0.2, 0) is 0 Å². The lowest BCUT2D eigenvalue weighted by atomic mass is 9.97. The molecule has 1 saturated carbocycles. The zero-order valence-electron chi connectivity index (χ0n) is 11.3. The van der Waals surface area contributed by atoms with Gasteiger partial charge in [0.05, 0.1) is 0 Å². The fraction of sp³-hybridized carbons (Fsp3) is 0.600. The van der Waals surface area contributed by atoms with Crippen LogP contribution >= 0.6 is 0 Å². The summed E-state index contributed by atoms with van der Waals surface area (Å²) in [4.78, 5) is 2.14. The molecular formula is C15H19F3N2. The summed E-state index contributed by atoms with van der Waals surface area (Å²) in [6.45, 7) is 3.24. The van der Waals surface area contributed by atoms with Crippen molar-refractivity contribution in [1.29, 1.82) is 0 Å². The monoisotopic (exact) mass is 284 g/mol. The van der Waals surface area contributed by atoms with Gasteiger partial charge < -0.3 is 5.32 Å². The van der Waals surface area contributed by atoms with Gasteiger partial charge >= 0.3 is 0 Å². The third-order valence-corrected chi connectivity index (χ3v) is 4.23. The summed E-state index contributed by atoms with van der Waals surface area (Å²) in [5.74, 6) is -2.11. The van der Waals surface area contributed by atoms with E-state index in [1.807, 2.05) is 0 Å². The molecule has 2 fully saturated rings. The van der Waals surface area contributed by atoms with Gasteiger partial charge in [-0.3, -0.25) is 4.90 Å². The van der Waals surface area contributed by atoms with E-state index in [2.05, 4.69) is 10.2 Å². The first-order chi connectivity index (χ1) is 9.65. The van der Waals surface area contributed by atoms with E-state index in [4.69, 9.17) is 0 Å². The van der Waals surface area contributed by atoms with Crippen molar-refractivity contribution in [2.24, 2.45) is 5.92 Å². The van der Waals surface area contributed by atoms with Crippen LogP contribution in [0, 0.1) is 23.4 Å².